The molecule has 0 heterocycles. The molecule has 15 heavy (non-hydrogen) atoms. The average Bonchev–Trinajstić information content (AvgIpc) is 2.07. The van der Waals surface area contributed by atoms with Crippen molar-refractivity contribution in [1.29, 1.82) is 0 Å². The molecule has 0 unspecified atom stereocenters. The van der Waals surface area contributed by atoms with Gasteiger partial charge in [0.25, 0.3) is 0 Å². The fraction of sp³-hybridized carbons (Fsp3) is 0.900. The van der Waals surface area contributed by atoms with Crippen LogP contribution in [0.4, 0.5) is 0 Å². The van der Waals surface area contributed by atoms with Gasteiger partial charge in [0, 0.05) is 19.2 Å². The number of unbranched alkanes of at least 4 members (excludes halogenated alkanes) is 1. The Morgan fingerprint density at radius 1 is 1.20 bits per heavy atom. The van der Waals surface area contributed by atoms with Crippen LogP contribution in [0.25, 0.3) is 0 Å². The molecular formula is C10H21NO3S. The highest BCUT2D eigenvalue weighted by molar-refractivity contribution is 7.90. The van der Waals surface area contributed by atoms with E-state index in [2.05, 4.69) is 0 Å². The minimum absolute atomic E-state index is 0.205. The van der Waals surface area contributed by atoms with E-state index >= 15 is 0 Å². The quantitative estimate of drug-likeness (QED) is 0.582. The largest absolute Gasteiger partial charge is 0.305 e. The molecule has 0 saturated heterocycles. The number of carbonyl (C=O) groups excluding carboxylic acids is 1. The minimum Gasteiger partial charge on any atom is -0.305 e. The van der Waals surface area contributed by atoms with E-state index in [0.29, 0.717) is 13.0 Å². The van der Waals surface area contributed by atoms with Gasteiger partial charge in [-0.05, 0) is 33.4 Å². The van der Waals surface area contributed by atoms with E-state index in [1.54, 1.807) is 6.92 Å². The molecule has 0 bridgehead atoms. The van der Waals surface area contributed by atoms with E-state index in [9.17, 15) is 13.2 Å². The molecule has 0 aliphatic carbocycles. The molecule has 0 spiro atoms. The first kappa shape index (κ1) is 14.6. The Morgan fingerprint density at radius 3 is 2.27 bits per heavy atom. The first-order valence-corrected chi connectivity index (χ1v) is 7.23. The Morgan fingerprint density at radius 2 is 1.80 bits per heavy atom. The third-order valence-corrected chi connectivity index (χ3v) is 3.09. The maximum absolute atomic E-state index is 10.9. The van der Waals surface area contributed by atoms with Gasteiger partial charge in [-0.15, -0.1) is 0 Å². The van der Waals surface area contributed by atoms with Gasteiger partial charge in [-0.25, -0.2) is 8.42 Å². The summed E-state index contributed by atoms with van der Waals surface area (Å²) in [6.45, 7) is 3.01. The van der Waals surface area contributed by atoms with Gasteiger partial charge in [0.2, 0.25) is 0 Å². The van der Waals surface area contributed by atoms with Gasteiger partial charge in [0.05, 0.1) is 5.75 Å². The first-order chi connectivity index (χ1) is 6.81. The van der Waals surface area contributed by atoms with E-state index in [-0.39, 0.29) is 11.5 Å². The number of rotatable bonds is 8. The zero-order valence-electron chi connectivity index (χ0n) is 9.82. The van der Waals surface area contributed by atoms with Gasteiger partial charge in [-0.3, -0.25) is 0 Å². The molecule has 0 aromatic carbocycles. The summed E-state index contributed by atoms with van der Waals surface area (Å²) in [5.74, 6) is 0.421. The fourth-order valence-electron chi connectivity index (χ4n) is 1.19. The fourth-order valence-corrected chi connectivity index (χ4v) is 1.83. The van der Waals surface area contributed by atoms with Crippen LogP contribution < -0.4 is 0 Å². The van der Waals surface area contributed by atoms with Gasteiger partial charge in [0.15, 0.2) is 0 Å². The summed E-state index contributed by atoms with van der Waals surface area (Å²) in [5.41, 5.74) is 0. The standard InChI is InChI=1S/C10H21NO3S/c1-10(12)6-4-5-7-11(2)8-9-15(3,13)14/h4-9H2,1-3H3. The monoisotopic (exact) mass is 235 g/mol. The molecule has 0 amide bonds. The number of carbonyl (C=O) groups is 1. The van der Waals surface area contributed by atoms with Crippen molar-refractivity contribution in [3.63, 3.8) is 0 Å². The van der Waals surface area contributed by atoms with Crippen LogP contribution in [0.5, 0.6) is 0 Å². The molecule has 90 valence electrons. The molecule has 0 saturated carbocycles. The van der Waals surface area contributed by atoms with E-state index in [1.165, 1.54) is 6.26 Å². The predicted octanol–water partition coefficient (Wildman–Crippen LogP) is 0.722. The highest BCUT2D eigenvalue weighted by Crippen LogP contribution is 1.98. The highest BCUT2D eigenvalue weighted by Gasteiger charge is 2.05. The third-order valence-electron chi connectivity index (χ3n) is 2.16. The Labute approximate surface area is 92.6 Å². The molecule has 0 aliphatic rings. The maximum Gasteiger partial charge on any atom is 0.148 e. The SMILES string of the molecule is CC(=O)CCCCN(C)CCS(C)(=O)=O. The van der Waals surface area contributed by atoms with E-state index in [4.69, 9.17) is 0 Å². The van der Waals surface area contributed by atoms with E-state index < -0.39 is 9.84 Å². The van der Waals surface area contributed by atoms with Crippen molar-refractivity contribution in [1.82, 2.24) is 4.90 Å². The molecule has 0 fully saturated rings. The number of nitrogens with zero attached hydrogens (tertiary/aromatic N) is 1. The van der Waals surface area contributed by atoms with Crippen LogP contribution in [0.2, 0.25) is 0 Å². The molecule has 0 radical (unpaired) electrons. The maximum atomic E-state index is 10.9. The van der Waals surface area contributed by atoms with Gasteiger partial charge >= 0.3 is 0 Å². The second-order valence-corrected chi connectivity index (χ2v) is 6.35. The smallest absolute Gasteiger partial charge is 0.148 e. The number of sulfone groups is 1. The molecule has 0 N–H and O–H groups in total. The van der Waals surface area contributed by atoms with E-state index in [1.807, 2.05) is 11.9 Å². The van der Waals surface area contributed by atoms with Crippen LogP contribution in [0.15, 0.2) is 0 Å². The Bertz CT molecular complexity index is 285. The number of ketones is 1. The summed E-state index contributed by atoms with van der Waals surface area (Å²) in [7, 11) is -0.957. The summed E-state index contributed by atoms with van der Waals surface area (Å²) in [5, 5.41) is 0. The van der Waals surface area contributed by atoms with Crippen molar-refractivity contribution in [2.75, 3.05) is 32.1 Å². The summed E-state index contributed by atoms with van der Waals surface area (Å²) < 4.78 is 21.8. The van der Waals surface area contributed by atoms with Crippen molar-refractivity contribution >= 4 is 15.6 Å². The molecule has 0 aromatic rings. The van der Waals surface area contributed by atoms with Crippen LogP contribution in [-0.2, 0) is 14.6 Å². The second kappa shape index (κ2) is 6.95. The first-order valence-electron chi connectivity index (χ1n) is 5.17. The van der Waals surface area contributed by atoms with Crippen molar-refractivity contribution in [3.05, 3.63) is 0 Å². The van der Waals surface area contributed by atoms with Crippen LogP contribution in [-0.4, -0.2) is 51.2 Å². The average molecular weight is 235 g/mol. The Balaban J connectivity index is 3.50. The van der Waals surface area contributed by atoms with Gasteiger partial charge in [-0.2, -0.15) is 0 Å². The second-order valence-electron chi connectivity index (χ2n) is 4.09. The van der Waals surface area contributed by atoms with Gasteiger partial charge in [-0.1, -0.05) is 0 Å². The topological polar surface area (TPSA) is 54.5 Å². The molecule has 4 nitrogen and oxygen atoms in total. The lowest BCUT2D eigenvalue weighted by Gasteiger charge is -2.15. The van der Waals surface area contributed by atoms with E-state index in [0.717, 1.165) is 19.4 Å². The Hall–Kier alpha value is -0.420. The van der Waals surface area contributed by atoms with Crippen LogP contribution >= 0.6 is 0 Å². The van der Waals surface area contributed by atoms with Crippen molar-refractivity contribution in [2.24, 2.45) is 0 Å². The summed E-state index contributed by atoms with van der Waals surface area (Å²) in [6, 6.07) is 0. The zero-order chi connectivity index (χ0) is 11.9. The lowest BCUT2D eigenvalue weighted by molar-refractivity contribution is -0.117. The lowest BCUT2D eigenvalue weighted by atomic mass is 10.2. The molecular weight excluding hydrogens is 214 g/mol. The van der Waals surface area contributed by atoms with Crippen LogP contribution in [0.1, 0.15) is 26.2 Å². The summed E-state index contributed by atoms with van der Waals surface area (Å²) in [6.07, 6.45) is 3.70. The van der Waals surface area contributed by atoms with Crippen LogP contribution in [0, 0.1) is 0 Å². The molecule has 0 rings (SSSR count). The predicted molar refractivity (Wildman–Crippen MR) is 61.7 cm³/mol. The van der Waals surface area contributed by atoms with Crippen molar-refractivity contribution in [2.45, 2.75) is 26.2 Å². The third kappa shape index (κ3) is 11.5. The number of hydrogen-bond donors (Lipinski definition) is 0. The van der Waals surface area contributed by atoms with Crippen LogP contribution in [0.3, 0.4) is 0 Å². The summed E-state index contributed by atoms with van der Waals surface area (Å²) in [4.78, 5) is 12.6. The van der Waals surface area contributed by atoms with Crippen molar-refractivity contribution < 1.29 is 13.2 Å². The zero-order valence-corrected chi connectivity index (χ0v) is 10.6. The van der Waals surface area contributed by atoms with Gasteiger partial charge < -0.3 is 9.69 Å². The lowest BCUT2D eigenvalue weighted by Crippen LogP contribution is -2.26. The molecule has 0 aliphatic heterocycles. The minimum atomic E-state index is -2.86. The van der Waals surface area contributed by atoms with Gasteiger partial charge in [0.1, 0.15) is 15.6 Å². The molecule has 0 aromatic heterocycles. The summed E-state index contributed by atoms with van der Waals surface area (Å²) >= 11 is 0. The molecule has 0 atom stereocenters. The molecule has 5 heteroatoms. The highest BCUT2D eigenvalue weighted by atomic mass is 32.2. The number of Topliss-reactive ketones (excluding diaryl/α,β-unsaturated/α-hetero) is 1. The normalized spacial score (nSPS) is 12.0. The Kier molecular flexibility index (Phi) is 6.76. The number of hydrogen-bond acceptors (Lipinski definition) is 4. The van der Waals surface area contributed by atoms with Crippen molar-refractivity contribution in [3.8, 4) is 0 Å².